The number of aliphatic imine (C=N–C) groups is 1. The van der Waals surface area contributed by atoms with Crippen LogP contribution in [0.1, 0.15) is 45.4 Å². The van der Waals surface area contributed by atoms with Crippen molar-refractivity contribution in [3.05, 3.63) is 0 Å². The maximum atomic E-state index is 13.9. The molecule has 0 spiro atoms. The molecular formula is C18H18F17NOS. The molecular weight excluding hydrogens is 601 g/mol. The van der Waals surface area contributed by atoms with Crippen LogP contribution in [0.4, 0.5) is 74.6 Å². The Kier molecular flexibility index (Phi) is 11.5. The minimum atomic E-state index is -8.64. The van der Waals surface area contributed by atoms with Crippen LogP contribution in [0.25, 0.3) is 0 Å². The van der Waals surface area contributed by atoms with Gasteiger partial charge in [0.15, 0.2) is 0 Å². The topological polar surface area (TPSA) is 29.4 Å². The highest BCUT2D eigenvalue weighted by atomic mass is 32.2. The van der Waals surface area contributed by atoms with E-state index in [9.17, 15) is 79.4 Å². The molecule has 0 saturated heterocycles. The average Bonchev–Trinajstić information content (AvgIpc) is 2.74. The fourth-order valence-electron chi connectivity index (χ4n) is 2.67. The zero-order chi connectivity index (χ0) is 30.6. The molecule has 0 bridgehead atoms. The standard InChI is InChI=1S/C18H18F17NOS/c1-2-3-4-5-6-10(36-9-37)38-8-7-11(19,20)12(21,22)13(23,24)14(25,26)15(27,28)16(29,30)17(31,32)18(33,34)35/h10H,2-8H2,1H3. The van der Waals surface area contributed by atoms with Crippen LogP contribution in [0.15, 0.2) is 4.99 Å². The van der Waals surface area contributed by atoms with Crippen LogP contribution in [0.2, 0.25) is 0 Å². The Hall–Kier alpha value is -1.46. The van der Waals surface area contributed by atoms with Crippen LogP contribution in [0.5, 0.6) is 0 Å². The van der Waals surface area contributed by atoms with E-state index >= 15 is 0 Å². The van der Waals surface area contributed by atoms with Gasteiger partial charge in [0.25, 0.3) is 0 Å². The number of nitrogens with zero attached hydrogens (tertiary/aromatic N) is 1. The highest BCUT2D eigenvalue weighted by Crippen LogP contribution is 2.64. The van der Waals surface area contributed by atoms with Crippen LogP contribution < -0.4 is 0 Å². The Labute approximate surface area is 207 Å². The molecule has 20 heteroatoms. The van der Waals surface area contributed by atoms with Crippen LogP contribution in [0.3, 0.4) is 0 Å². The lowest BCUT2D eigenvalue weighted by molar-refractivity contribution is -0.461. The zero-order valence-corrected chi connectivity index (χ0v) is 19.5. The number of thioether (sulfide) groups is 1. The number of unbranched alkanes of at least 4 members (excludes halogenated alkanes) is 3. The summed E-state index contributed by atoms with van der Waals surface area (Å²) in [6.07, 6.45) is -7.24. The number of rotatable bonds is 16. The minimum absolute atomic E-state index is 0.0647. The van der Waals surface area contributed by atoms with Crippen LogP contribution in [-0.4, -0.2) is 64.8 Å². The van der Waals surface area contributed by atoms with Crippen molar-refractivity contribution in [1.29, 1.82) is 0 Å². The lowest BCUT2D eigenvalue weighted by Gasteiger charge is -2.42. The Balaban J connectivity index is 6.05. The smallest absolute Gasteiger partial charge is 0.211 e. The Morgan fingerprint density at radius 3 is 1.45 bits per heavy atom. The second-order valence-electron chi connectivity index (χ2n) is 7.79. The van der Waals surface area contributed by atoms with Gasteiger partial charge >= 0.3 is 47.6 Å². The van der Waals surface area contributed by atoms with Gasteiger partial charge in [-0.05, 0) is 6.42 Å². The second-order valence-corrected chi connectivity index (χ2v) is 9.08. The maximum Gasteiger partial charge on any atom is 0.460 e. The molecule has 0 saturated carbocycles. The molecule has 0 rings (SSSR count). The molecule has 0 radical (unpaired) electrons. The minimum Gasteiger partial charge on any atom is -0.211 e. The summed E-state index contributed by atoms with van der Waals surface area (Å²) < 4.78 is 225. The Morgan fingerprint density at radius 2 is 1.05 bits per heavy atom. The molecule has 226 valence electrons. The molecule has 0 aliphatic rings. The first-order chi connectivity index (χ1) is 16.7. The number of isocyanates is 1. The fraction of sp³-hybridized carbons (Fsp3) is 0.944. The van der Waals surface area contributed by atoms with Crippen LogP contribution >= 0.6 is 11.8 Å². The van der Waals surface area contributed by atoms with E-state index in [-0.39, 0.29) is 18.2 Å². The summed E-state index contributed by atoms with van der Waals surface area (Å²) >= 11 is 0.114. The monoisotopic (exact) mass is 619 g/mol. The van der Waals surface area contributed by atoms with Gasteiger partial charge in [0.2, 0.25) is 6.08 Å². The van der Waals surface area contributed by atoms with Crippen molar-refractivity contribution in [3.63, 3.8) is 0 Å². The van der Waals surface area contributed by atoms with Crippen LogP contribution in [-0.2, 0) is 4.79 Å². The number of carbonyl (C=O) groups excluding carboxylic acids is 1. The lowest BCUT2D eigenvalue weighted by atomic mass is 9.88. The van der Waals surface area contributed by atoms with Gasteiger partial charge < -0.3 is 0 Å². The molecule has 0 aliphatic carbocycles. The molecule has 0 aromatic rings. The highest BCUT2D eigenvalue weighted by molar-refractivity contribution is 7.99. The van der Waals surface area contributed by atoms with Gasteiger partial charge in [-0.2, -0.15) is 79.6 Å². The van der Waals surface area contributed by atoms with Crippen molar-refractivity contribution in [2.24, 2.45) is 4.99 Å². The summed E-state index contributed by atoms with van der Waals surface area (Å²) in [5, 5.41) is -1.27. The van der Waals surface area contributed by atoms with Gasteiger partial charge in [0, 0.05) is 12.2 Å². The third kappa shape index (κ3) is 6.46. The fourth-order valence-corrected chi connectivity index (χ4v) is 3.76. The molecule has 0 aliphatic heterocycles. The zero-order valence-electron chi connectivity index (χ0n) is 18.7. The second kappa shape index (κ2) is 12.0. The number of alkyl halides is 17. The van der Waals surface area contributed by atoms with Gasteiger partial charge in [0.1, 0.15) is 5.37 Å². The summed E-state index contributed by atoms with van der Waals surface area (Å²) in [6.45, 7) is 1.79. The van der Waals surface area contributed by atoms with E-state index < -0.39 is 65.2 Å². The molecule has 0 N–H and O–H groups in total. The Morgan fingerprint density at radius 1 is 0.632 bits per heavy atom. The molecule has 38 heavy (non-hydrogen) atoms. The van der Waals surface area contributed by atoms with Crippen LogP contribution in [0, 0.1) is 0 Å². The number of hydrogen-bond acceptors (Lipinski definition) is 3. The van der Waals surface area contributed by atoms with Crippen molar-refractivity contribution in [2.75, 3.05) is 5.75 Å². The Bertz CT molecular complexity index is 820. The van der Waals surface area contributed by atoms with E-state index in [1.54, 1.807) is 6.92 Å². The summed E-state index contributed by atoms with van der Waals surface area (Å²) in [7, 11) is 0. The van der Waals surface area contributed by atoms with Crippen molar-refractivity contribution >= 4 is 17.8 Å². The molecule has 1 atom stereocenters. The first kappa shape index (κ1) is 36.5. The summed E-state index contributed by atoms with van der Waals surface area (Å²) in [6, 6.07) is 0. The molecule has 0 fully saturated rings. The van der Waals surface area contributed by atoms with Crippen molar-refractivity contribution < 1.29 is 79.4 Å². The van der Waals surface area contributed by atoms with E-state index in [2.05, 4.69) is 4.99 Å². The maximum absolute atomic E-state index is 13.9. The summed E-state index contributed by atoms with van der Waals surface area (Å²) in [5.74, 6) is -57.8. The lowest BCUT2D eigenvalue weighted by Crippen LogP contribution is -2.74. The normalized spacial score (nSPS) is 15.8. The van der Waals surface area contributed by atoms with E-state index in [4.69, 9.17) is 0 Å². The SMILES string of the molecule is CCCCCCC(N=C=O)SCCC(F)(F)C(F)(F)C(F)(F)C(F)(F)C(F)(F)C(F)(F)C(F)(F)C(F)(F)F. The molecule has 1 unspecified atom stereocenters. The van der Waals surface area contributed by atoms with Crippen molar-refractivity contribution in [3.8, 4) is 0 Å². The third-order valence-electron chi connectivity index (χ3n) is 5.01. The van der Waals surface area contributed by atoms with Gasteiger partial charge in [-0.25, -0.2) is 4.79 Å². The largest absolute Gasteiger partial charge is 0.460 e. The molecule has 0 amide bonds. The number of hydrogen-bond donors (Lipinski definition) is 0. The number of halogens is 17. The molecule has 2 nitrogen and oxygen atoms in total. The third-order valence-corrected chi connectivity index (χ3v) is 6.18. The van der Waals surface area contributed by atoms with Gasteiger partial charge in [-0.1, -0.05) is 32.6 Å². The average molecular weight is 619 g/mol. The first-order valence-corrected chi connectivity index (χ1v) is 11.2. The van der Waals surface area contributed by atoms with Gasteiger partial charge in [-0.15, -0.1) is 11.8 Å². The van der Waals surface area contributed by atoms with Crippen molar-refractivity contribution in [1.82, 2.24) is 0 Å². The predicted molar refractivity (Wildman–Crippen MR) is 98.4 cm³/mol. The molecule has 0 aromatic carbocycles. The van der Waals surface area contributed by atoms with E-state index in [0.717, 1.165) is 6.08 Å². The predicted octanol–water partition coefficient (Wildman–Crippen LogP) is 8.75. The van der Waals surface area contributed by atoms with Gasteiger partial charge in [-0.3, -0.25) is 0 Å². The summed E-state index contributed by atoms with van der Waals surface area (Å²) in [4.78, 5) is 13.5. The first-order valence-electron chi connectivity index (χ1n) is 10.1. The van der Waals surface area contributed by atoms with E-state index in [0.29, 0.717) is 25.7 Å². The summed E-state index contributed by atoms with van der Waals surface area (Å²) in [5.41, 5.74) is 0. The highest BCUT2D eigenvalue weighted by Gasteiger charge is 2.95. The van der Waals surface area contributed by atoms with Gasteiger partial charge in [0.05, 0.1) is 0 Å². The quantitative estimate of drug-likeness (QED) is 0.0749. The molecule has 0 heterocycles. The van der Waals surface area contributed by atoms with Crippen molar-refractivity contribution in [2.45, 2.75) is 98.5 Å². The van der Waals surface area contributed by atoms with E-state index in [1.165, 1.54) is 0 Å². The molecule has 0 aromatic heterocycles. The van der Waals surface area contributed by atoms with E-state index in [1.807, 2.05) is 0 Å².